The molecule has 1 aliphatic heterocycles. The lowest BCUT2D eigenvalue weighted by Gasteiger charge is -2.31. The average Bonchev–Trinajstić information content (AvgIpc) is 2.84. The minimum Gasteiger partial charge on any atom is -0.387 e. The molecule has 11 nitrogen and oxygen atoms in total. The molecule has 2 aromatic rings. The molecule has 1 aliphatic rings. The van der Waals surface area contributed by atoms with E-state index in [9.17, 15) is 23.3 Å². The average molecular weight is 492 g/mol. The van der Waals surface area contributed by atoms with Gasteiger partial charge < -0.3 is 20.3 Å². The minimum absolute atomic E-state index is 0.0522. The first-order valence-corrected chi connectivity index (χ1v) is 12.4. The molecule has 2 aromatic carbocycles. The van der Waals surface area contributed by atoms with E-state index in [0.717, 1.165) is 0 Å². The van der Waals surface area contributed by atoms with E-state index in [1.54, 1.807) is 27.0 Å². The molecule has 1 amide bonds. The van der Waals surface area contributed by atoms with Gasteiger partial charge in [-0.05, 0) is 24.3 Å². The summed E-state index contributed by atoms with van der Waals surface area (Å²) in [5, 5.41) is 16.9. The first-order chi connectivity index (χ1) is 16.2. The quantitative estimate of drug-likeness (QED) is 0.404. The van der Waals surface area contributed by atoms with Gasteiger partial charge in [0.05, 0.1) is 40.0 Å². The number of carbonyl (C=O) groups excluding carboxylic acids is 1. The van der Waals surface area contributed by atoms with E-state index in [0.29, 0.717) is 56.5 Å². The molecule has 0 saturated carbocycles. The van der Waals surface area contributed by atoms with E-state index in [4.69, 9.17) is 4.74 Å². The number of nitro benzene ring substituents is 1. The Hall–Kier alpha value is -3.22. The zero-order valence-corrected chi connectivity index (χ0v) is 20.2. The van der Waals surface area contributed by atoms with Crippen LogP contribution in [0.25, 0.3) is 0 Å². The summed E-state index contributed by atoms with van der Waals surface area (Å²) in [6.07, 6.45) is 0. The molecule has 0 atom stereocenters. The summed E-state index contributed by atoms with van der Waals surface area (Å²) in [5.74, 6) is -0.597. The van der Waals surface area contributed by atoms with Crippen molar-refractivity contribution in [2.24, 2.45) is 0 Å². The van der Waals surface area contributed by atoms with Crippen molar-refractivity contribution in [2.75, 3.05) is 62.0 Å². The predicted octanol–water partition coefficient (Wildman–Crippen LogP) is 2.76. The lowest BCUT2D eigenvalue weighted by atomic mass is 10.1. The standard InChI is InChI=1S/C22H29N5O6S/c1-4-26(5-2)34(31,32)17-7-9-21(25-10-12-33-13-11-25)20(15-17)24-22(28)18-14-16(27(29)30)6-8-19(18)23-3/h6-9,14-15,23H,4-5,10-13H2,1-3H3,(H,24,28). The van der Waals surface area contributed by atoms with Crippen molar-refractivity contribution in [1.82, 2.24) is 4.31 Å². The number of nitrogens with one attached hydrogen (secondary N) is 2. The van der Waals surface area contributed by atoms with Gasteiger partial charge >= 0.3 is 0 Å². The third-order valence-electron chi connectivity index (χ3n) is 5.64. The normalized spacial score (nSPS) is 14.2. The number of amides is 1. The highest BCUT2D eigenvalue weighted by atomic mass is 32.2. The summed E-state index contributed by atoms with van der Waals surface area (Å²) in [5.41, 5.74) is 1.19. The number of sulfonamides is 1. The summed E-state index contributed by atoms with van der Waals surface area (Å²) < 4.78 is 33.0. The van der Waals surface area contributed by atoms with E-state index in [2.05, 4.69) is 10.6 Å². The second-order valence-electron chi connectivity index (χ2n) is 7.56. The second-order valence-corrected chi connectivity index (χ2v) is 9.50. The third kappa shape index (κ3) is 5.29. The molecule has 0 radical (unpaired) electrons. The molecular formula is C22H29N5O6S. The fourth-order valence-corrected chi connectivity index (χ4v) is 5.29. The fraction of sp³-hybridized carbons (Fsp3) is 0.409. The van der Waals surface area contributed by atoms with Crippen LogP contribution in [0, 0.1) is 10.1 Å². The Labute approximate surface area is 198 Å². The molecule has 34 heavy (non-hydrogen) atoms. The van der Waals surface area contributed by atoms with Crippen molar-refractivity contribution in [3.05, 3.63) is 52.1 Å². The Morgan fingerprint density at radius 1 is 1.12 bits per heavy atom. The summed E-state index contributed by atoms with van der Waals surface area (Å²) in [6.45, 7) is 6.28. The monoisotopic (exact) mass is 491 g/mol. The van der Waals surface area contributed by atoms with Gasteiger partial charge in [-0.3, -0.25) is 14.9 Å². The summed E-state index contributed by atoms with van der Waals surface area (Å²) in [6, 6.07) is 8.58. The Morgan fingerprint density at radius 3 is 2.38 bits per heavy atom. The van der Waals surface area contributed by atoms with Gasteiger partial charge in [0.1, 0.15) is 0 Å². The summed E-state index contributed by atoms with van der Waals surface area (Å²) >= 11 is 0. The van der Waals surface area contributed by atoms with Crippen molar-refractivity contribution in [3.8, 4) is 0 Å². The predicted molar refractivity (Wildman–Crippen MR) is 130 cm³/mol. The van der Waals surface area contributed by atoms with Crippen LogP contribution >= 0.6 is 0 Å². The van der Waals surface area contributed by atoms with Crippen LogP contribution in [-0.4, -0.2) is 70.0 Å². The lowest BCUT2D eigenvalue weighted by Crippen LogP contribution is -2.37. The van der Waals surface area contributed by atoms with Crippen LogP contribution in [0.15, 0.2) is 41.3 Å². The van der Waals surface area contributed by atoms with Crippen molar-refractivity contribution in [3.63, 3.8) is 0 Å². The second kappa shape index (κ2) is 10.8. The number of morpholine rings is 1. The molecule has 0 aliphatic carbocycles. The SMILES string of the molecule is CCN(CC)S(=O)(=O)c1ccc(N2CCOCC2)c(NC(=O)c2cc([N+](=O)[O-])ccc2NC)c1. The molecule has 1 fully saturated rings. The van der Waals surface area contributed by atoms with Gasteiger partial charge in [-0.25, -0.2) is 8.42 Å². The van der Waals surface area contributed by atoms with Gasteiger partial charge in [0.15, 0.2) is 0 Å². The largest absolute Gasteiger partial charge is 0.387 e. The van der Waals surface area contributed by atoms with E-state index < -0.39 is 20.9 Å². The Balaban J connectivity index is 2.06. The Bertz CT molecular complexity index is 1160. The van der Waals surface area contributed by atoms with Gasteiger partial charge in [-0.2, -0.15) is 4.31 Å². The van der Waals surface area contributed by atoms with Crippen LogP contribution < -0.4 is 15.5 Å². The number of benzene rings is 2. The van der Waals surface area contributed by atoms with E-state index in [1.165, 1.54) is 34.6 Å². The maximum absolute atomic E-state index is 13.2. The molecule has 2 N–H and O–H groups in total. The maximum atomic E-state index is 13.2. The number of carbonyl (C=O) groups is 1. The van der Waals surface area contributed by atoms with Gasteiger partial charge in [-0.15, -0.1) is 0 Å². The van der Waals surface area contributed by atoms with Gasteiger partial charge in [0.2, 0.25) is 10.0 Å². The maximum Gasteiger partial charge on any atom is 0.270 e. The van der Waals surface area contributed by atoms with Crippen LogP contribution in [0.4, 0.5) is 22.7 Å². The molecule has 12 heteroatoms. The van der Waals surface area contributed by atoms with Gasteiger partial charge in [-0.1, -0.05) is 13.8 Å². The van der Waals surface area contributed by atoms with E-state index in [-0.39, 0.29) is 16.1 Å². The highest BCUT2D eigenvalue weighted by Crippen LogP contribution is 2.32. The van der Waals surface area contributed by atoms with Crippen LogP contribution in [0.5, 0.6) is 0 Å². The first-order valence-electron chi connectivity index (χ1n) is 11.0. The lowest BCUT2D eigenvalue weighted by molar-refractivity contribution is -0.384. The summed E-state index contributed by atoms with van der Waals surface area (Å²) in [4.78, 5) is 25.9. The molecule has 0 spiro atoms. The first kappa shape index (κ1) is 25.4. The zero-order chi connectivity index (χ0) is 24.9. The van der Waals surface area contributed by atoms with E-state index in [1.807, 2.05) is 4.90 Å². The number of nitro groups is 1. The highest BCUT2D eigenvalue weighted by Gasteiger charge is 2.25. The number of rotatable bonds is 9. The van der Waals surface area contributed by atoms with Crippen molar-refractivity contribution in [2.45, 2.75) is 18.7 Å². The van der Waals surface area contributed by atoms with Gasteiger partial charge in [0.25, 0.3) is 11.6 Å². The highest BCUT2D eigenvalue weighted by molar-refractivity contribution is 7.89. The molecule has 0 aromatic heterocycles. The van der Waals surface area contributed by atoms with Gasteiger partial charge in [0, 0.05) is 51.0 Å². The number of ether oxygens (including phenoxy) is 1. The van der Waals surface area contributed by atoms with Crippen molar-refractivity contribution in [1.29, 1.82) is 0 Å². The molecule has 0 bridgehead atoms. The zero-order valence-electron chi connectivity index (χ0n) is 19.4. The number of hydrogen-bond acceptors (Lipinski definition) is 8. The minimum atomic E-state index is -3.77. The Morgan fingerprint density at radius 2 is 1.79 bits per heavy atom. The molecule has 0 unspecified atom stereocenters. The Kier molecular flexibility index (Phi) is 8.07. The van der Waals surface area contributed by atoms with Crippen LogP contribution in [0.3, 0.4) is 0 Å². The molecular weight excluding hydrogens is 462 g/mol. The molecule has 184 valence electrons. The number of anilines is 3. The topological polar surface area (TPSA) is 134 Å². The smallest absolute Gasteiger partial charge is 0.270 e. The summed E-state index contributed by atoms with van der Waals surface area (Å²) in [7, 11) is -2.16. The molecule has 1 saturated heterocycles. The third-order valence-corrected chi connectivity index (χ3v) is 7.69. The van der Waals surface area contributed by atoms with Crippen molar-refractivity contribution >= 4 is 38.7 Å². The van der Waals surface area contributed by atoms with Crippen LogP contribution in [0.1, 0.15) is 24.2 Å². The fourth-order valence-electron chi connectivity index (χ4n) is 3.81. The number of non-ortho nitro benzene ring substituents is 1. The molecule has 1 heterocycles. The van der Waals surface area contributed by atoms with Crippen molar-refractivity contribution < 1.29 is 22.9 Å². The molecule has 3 rings (SSSR count). The number of nitrogens with zero attached hydrogens (tertiary/aromatic N) is 3. The van der Waals surface area contributed by atoms with Crippen LogP contribution in [0.2, 0.25) is 0 Å². The van der Waals surface area contributed by atoms with E-state index >= 15 is 0 Å². The van der Waals surface area contributed by atoms with Crippen LogP contribution in [-0.2, 0) is 14.8 Å². The number of hydrogen-bond donors (Lipinski definition) is 2.